The first-order valence-electron chi connectivity index (χ1n) is 8.68. The minimum atomic E-state index is -1.23. The zero-order valence-corrected chi connectivity index (χ0v) is 15.5. The first-order chi connectivity index (χ1) is 12.5. The number of benzene rings is 1. The molecule has 138 valence electrons. The van der Waals surface area contributed by atoms with Crippen LogP contribution in [0.1, 0.15) is 31.0 Å². The van der Waals surface area contributed by atoms with Crippen LogP contribution >= 0.6 is 11.3 Å². The second kappa shape index (κ2) is 7.97. The molecule has 1 amide bonds. The van der Waals surface area contributed by atoms with Crippen molar-refractivity contribution in [3.8, 4) is 10.6 Å². The number of carboxylic acids is 1. The molecule has 1 aliphatic rings. The number of aliphatic carboxylic acids is 1. The summed E-state index contributed by atoms with van der Waals surface area (Å²) in [7, 11) is 0. The van der Waals surface area contributed by atoms with Crippen molar-refractivity contribution >= 4 is 23.2 Å². The van der Waals surface area contributed by atoms with Crippen LogP contribution in [0.15, 0.2) is 29.6 Å². The van der Waals surface area contributed by atoms with Gasteiger partial charge >= 0.3 is 5.97 Å². The summed E-state index contributed by atoms with van der Waals surface area (Å²) in [5.41, 5.74) is 1.70. The minimum Gasteiger partial charge on any atom is -0.480 e. The maximum atomic E-state index is 12.4. The van der Waals surface area contributed by atoms with Gasteiger partial charge in [0.05, 0.1) is 12.1 Å². The van der Waals surface area contributed by atoms with Gasteiger partial charge in [-0.3, -0.25) is 4.79 Å². The molecule has 2 heterocycles. The zero-order valence-electron chi connectivity index (χ0n) is 14.7. The number of hydrogen-bond donors (Lipinski definition) is 2. The molecule has 1 aliphatic heterocycles. The number of nitrogens with zero attached hydrogens (tertiary/aromatic N) is 1. The number of carbonyl (C=O) groups excluding carboxylic acids is 1. The molecule has 1 aromatic heterocycles. The van der Waals surface area contributed by atoms with E-state index in [1.165, 1.54) is 16.9 Å². The molecule has 3 rings (SSSR count). The van der Waals surface area contributed by atoms with Gasteiger partial charge in [0.1, 0.15) is 10.5 Å². The van der Waals surface area contributed by atoms with Crippen LogP contribution in [-0.4, -0.2) is 40.7 Å². The highest BCUT2D eigenvalue weighted by Crippen LogP contribution is 2.25. The molecule has 0 bridgehead atoms. The average Bonchev–Trinajstić information content (AvgIpc) is 3.10. The number of rotatable bonds is 6. The van der Waals surface area contributed by atoms with Crippen molar-refractivity contribution < 1.29 is 19.4 Å². The van der Waals surface area contributed by atoms with Crippen molar-refractivity contribution in [3.63, 3.8) is 0 Å². The fourth-order valence-electron chi connectivity index (χ4n) is 2.99. The van der Waals surface area contributed by atoms with E-state index in [0.29, 0.717) is 18.9 Å². The van der Waals surface area contributed by atoms with Gasteiger partial charge in [-0.2, -0.15) is 0 Å². The molecule has 0 aliphatic carbocycles. The van der Waals surface area contributed by atoms with E-state index in [2.05, 4.69) is 29.4 Å². The number of nitrogens with one attached hydrogen (secondary N) is 1. The maximum absolute atomic E-state index is 12.4. The van der Waals surface area contributed by atoms with E-state index in [0.717, 1.165) is 17.0 Å². The largest absolute Gasteiger partial charge is 0.480 e. The Hall–Kier alpha value is -2.25. The van der Waals surface area contributed by atoms with Gasteiger partial charge in [0.15, 0.2) is 0 Å². The first-order valence-corrected chi connectivity index (χ1v) is 9.56. The van der Waals surface area contributed by atoms with Gasteiger partial charge in [0.2, 0.25) is 5.91 Å². The smallest absolute Gasteiger partial charge is 0.329 e. The number of amides is 1. The molecule has 0 saturated carbocycles. The normalized spacial score (nSPS) is 16.2. The zero-order chi connectivity index (χ0) is 18.6. The monoisotopic (exact) mass is 374 g/mol. The van der Waals surface area contributed by atoms with Crippen LogP contribution in [0.2, 0.25) is 0 Å². The number of hydrogen-bond acceptors (Lipinski definition) is 5. The predicted molar refractivity (Wildman–Crippen MR) is 99.2 cm³/mol. The van der Waals surface area contributed by atoms with Crippen molar-refractivity contribution in [3.05, 3.63) is 40.9 Å². The summed E-state index contributed by atoms with van der Waals surface area (Å²) in [5, 5.41) is 14.9. The predicted octanol–water partition coefficient (Wildman–Crippen LogP) is 2.67. The fourth-order valence-corrected chi connectivity index (χ4v) is 3.82. The first kappa shape index (κ1) is 18.5. The molecule has 1 aromatic carbocycles. The lowest BCUT2D eigenvalue weighted by molar-refractivity contribution is -0.152. The summed E-state index contributed by atoms with van der Waals surface area (Å²) in [4.78, 5) is 28.5. The molecular weight excluding hydrogens is 352 g/mol. The van der Waals surface area contributed by atoms with Crippen molar-refractivity contribution in [2.45, 2.75) is 38.1 Å². The van der Waals surface area contributed by atoms with Gasteiger partial charge in [0.25, 0.3) is 0 Å². The van der Waals surface area contributed by atoms with Crippen LogP contribution in [0.3, 0.4) is 0 Å². The molecule has 2 aromatic rings. The Bertz CT molecular complexity index is 779. The summed E-state index contributed by atoms with van der Waals surface area (Å²) in [6.07, 6.45) is 1.61. The molecular formula is C19H22N2O4S. The molecule has 26 heavy (non-hydrogen) atoms. The van der Waals surface area contributed by atoms with Gasteiger partial charge in [-0.1, -0.05) is 31.2 Å². The second-order valence-corrected chi connectivity index (χ2v) is 7.28. The Morgan fingerprint density at radius 3 is 2.58 bits per heavy atom. The Morgan fingerprint density at radius 1 is 1.27 bits per heavy atom. The number of thiazole rings is 1. The van der Waals surface area contributed by atoms with E-state index in [4.69, 9.17) is 4.74 Å². The Morgan fingerprint density at radius 2 is 1.96 bits per heavy atom. The molecule has 0 atom stereocenters. The van der Waals surface area contributed by atoms with E-state index in [9.17, 15) is 14.7 Å². The molecule has 1 fully saturated rings. The number of carboxylic acid groups (broad SMARTS) is 1. The summed E-state index contributed by atoms with van der Waals surface area (Å²) in [5.74, 6) is -1.34. The second-order valence-electron chi connectivity index (χ2n) is 6.42. The average molecular weight is 374 g/mol. The van der Waals surface area contributed by atoms with E-state index >= 15 is 0 Å². The van der Waals surface area contributed by atoms with Gasteiger partial charge in [0, 0.05) is 37.0 Å². The van der Waals surface area contributed by atoms with Crippen molar-refractivity contribution in [1.82, 2.24) is 10.3 Å². The minimum absolute atomic E-state index is 0.0689. The molecule has 0 spiro atoms. The third kappa shape index (κ3) is 4.11. The molecule has 6 nitrogen and oxygen atoms in total. The van der Waals surface area contributed by atoms with E-state index < -0.39 is 11.5 Å². The van der Waals surface area contributed by atoms with Crippen molar-refractivity contribution in [1.29, 1.82) is 0 Å². The van der Waals surface area contributed by atoms with Crippen LogP contribution in [0, 0.1) is 0 Å². The lowest BCUT2D eigenvalue weighted by atomic mass is 9.90. The van der Waals surface area contributed by atoms with E-state index in [1.807, 2.05) is 17.5 Å². The Kier molecular flexibility index (Phi) is 5.68. The van der Waals surface area contributed by atoms with Gasteiger partial charge in [-0.15, -0.1) is 11.3 Å². The van der Waals surface area contributed by atoms with Crippen LogP contribution in [0.25, 0.3) is 10.6 Å². The van der Waals surface area contributed by atoms with E-state index in [-0.39, 0.29) is 25.2 Å². The summed E-state index contributed by atoms with van der Waals surface area (Å²) < 4.78 is 5.22. The quantitative estimate of drug-likeness (QED) is 0.811. The Labute approximate surface area is 156 Å². The topological polar surface area (TPSA) is 88.5 Å². The highest BCUT2D eigenvalue weighted by molar-refractivity contribution is 7.13. The fraction of sp³-hybridized carbons (Fsp3) is 0.421. The number of ether oxygens (including phenoxy) is 1. The standard InChI is InChI=1S/C19H22N2O4S/c1-2-13-3-5-14(6-4-13)17-20-15(12-26-17)11-16(22)21-19(18(23)24)7-9-25-10-8-19/h3-6,12H,2,7-11H2,1H3,(H,21,22)(H,23,24). The van der Waals surface area contributed by atoms with Gasteiger partial charge in [-0.05, 0) is 12.0 Å². The molecule has 7 heteroatoms. The highest BCUT2D eigenvalue weighted by Gasteiger charge is 2.41. The number of aromatic nitrogens is 1. The number of carbonyl (C=O) groups is 2. The highest BCUT2D eigenvalue weighted by atomic mass is 32.1. The van der Waals surface area contributed by atoms with Crippen molar-refractivity contribution in [2.24, 2.45) is 0 Å². The maximum Gasteiger partial charge on any atom is 0.329 e. The third-order valence-corrected chi connectivity index (χ3v) is 5.58. The lowest BCUT2D eigenvalue weighted by Gasteiger charge is -2.33. The molecule has 2 N–H and O–H groups in total. The van der Waals surface area contributed by atoms with Crippen LogP contribution < -0.4 is 5.32 Å². The van der Waals surface area contributed by atoms with Gasteiger partial charge in [-0.25, -0.2) is 9.78 Å². The summed E-state index contributed by atoms with van der Waals surface area (Å²) >= 11 is 1.48. The van der Waals surface area contributed by atoms with Crippen LogP contribution in [0.5, 0.6) is 0 Å². The lowest BCUT2D eigenvalue weighted by Crippen LogP contribution is -2.57. The number of aryl methyl sites for hydroxylation is 1. The molecule has 1 saturated heterocycles. The molecule has 0 radical (unpaired) electrons. The van der Waals surface area contributed by atoms with E-state index in [1.54, 1.807) is 0 Å². The summed E-state index contributed by atoms with van der Waals surface area (Å²) in [6, 6.07) is 8.21. The van der Waals surface area contributed by atoms with Crippen LogP contribution in [-0.2, 0) is 27.2 Å². The Balaban J connectivity index is 1.66. The van der Waals surface area contributed by atoms with Crippen LogP contribution in [0.4, 0.5) is 0 Å². The van der Waals surface area contributed by atoms with Gasteiger partial charge < -0.3 is 15.2 Å². The molecule has 0 unspecified atom stereocenters. The van der Waals surface area contributed by atoms with Crippen molar-refractivity contribution in [2.75, 3.05) is 13.2 Å². The third-order valence-electron chi connectivity index (χ3n) is 4.64. The SMILES string of the molecule is CCc1ccc(-c2nc(CC(=O)NC3(C(=O)O)CCOCC3)cs2)cc1. The summed E-state index contributed by atoms with van der Waals surface area (Å²) in [6.45, 7) is 2.78.